The summed E-state index contributed by atoms with van der Waals surface area (Å²) >= 11 is 0. The Labute approximate surface area is 182 Å². The van der Waals surface area contributed by atoms with Crippen molar-refractivity contribution in [1.82, 2.24) is 0 Å². The van der Waals surface area contributed by atoms with Gasteiger partial charge in [0, 0.05) is 23.0 Å². The fourth-order valence-corrected chi connectivity index (χ4v) is 5.17. The second-order valence-electron chi connectivity index (χ2n) is 8.44. The van der Waals surface area contributed by atoms with E-state index in [9.17, 15) is 4.79 Å². The lowest BCUT2D eigenvalue weighted by molar-refractivity contribution is 0.0891. The standard InChI is InChI=1S/C27H26O4/c1-16-9-10-23-21(11-16)19-12-18(15-31-23)26(27(28)17-7-5-4-6-8-17)22-14-25(30-3)24(29-2)13-20(19)22/h4-11,13-14,18-19,26H,12,15H2,1-3H3/t18-,19-,26-/m0/s1. The van der Waals surface area contributed by atoms with Crippen molar-refractivity contribution >= 4 is 5.78 Å². The maximum Gasteiger partial charge on any atom is 0.170 e. The summed E-state index contributed by atoms with van der Waals surface area (Å²) in [5.74, 6) is 2.31. The van der Waals surface area contributed by atoms with Crippen LogP contribution < -0.4 is 14.2 Å². The van der Waals surface area contributed by atoms with Crippen LogP contribution in [-0.4, -0.2) is 26.6 Å². The van der Waals surface area contributed by atoms with Gasteiger partial charge in [0.15, 0.2) is 17.3 Å². The summed E-state index contributed by atoms with van der Waals surface area (Å²) in [6.07, 6.45) is 0.863. The highest BCUT2D eigenvalue weighted by Crippen LogP contribution is 2.53. The molecule has 0 spiro atoms. The molecule has 3 aromatic rings. The molecular weight excluding hydrogens is 388 g/mol. The molecule has 0 unspecified atom stereocenters. The van der Waals surface area contributed by atoms with Crippen LogP contribution in [0, 0.1) is 12.8 Å². The van der Waals surface area contributed by atoms with Crippen LogP contribution >= 0.6 is 0 Å². The summed E-state index contributed by atoms with van der Waals surface area (Å²) in [6.45, 7) is 2.62. The molecule has 0 amide bonds. The van der Waals surface area contributed by atoms with Gasteiger partial charge in [-0.1, -0.05) is 48.0 Å². The minimum atomic E-state index is -0.288. The average Bonchev–Trinajstić information content (AvgIpc) is 2.96. The lowest BCUT2D eigenvalue weighted by Gasteiger charge is -2.36. The summed E-state index contributed by atoms with van der Waals surface area (Å²) in [6, 6.07) is 19.9. The third kappa shape index (κ3) is 3.27. The van der Waals surface area contributed by atoms with Crippen LogP contribution in [0.15, 0.2) is 60.7 Å². The molecule has 31 heavy (non-hydrogen) atoms. The number of hydrogen-bond donors (Lipinski definition) is 0. The Morgan fingerprint density at radius 3 is 2.32 bits per heavy atom. The number of carbonyl (C=O) groups is 1. The molecule has 0 radical (unpaired) electrons. The zero-order valence-electron chi connectivity index (χ0n) is 18.1. The molecule has 4 heteroatoms. The van der Waals surface area contributed by atoms with Crippen LogP contribution in [0.4, 0.5) is 0 Å². The minimum absolute atomic E-state index is 0.0796. The van der Waals surface area contributed by atoms with Crippen molar-refractivity contribution < 1.29 is 19.0 Å². The number of rotatable bonds is 4. The first kappa shape index (κ1) is 19.7. The molecule has 0 N–H and O–H groups in total. The molecule has 2 aliphatic rings. The monoisotopic (exact) mass is 414 g/mol. The Bertz CT molecular complexity index is 1140. The van der Waals surface area contributed by atoms with Crippen molar-refractivity contribution in [2.75, 3.05) is 20.8 Å². The fourth-order valence-electron chi connectivity index (χ4n) is 5.17. The van der Waals surface area contributed by atoms with Crippen molar-refractivity contribution in [2.24, 2.45) is 5.92 Å². The van der Waals surface area contributed by atoms with Crippen molar-refractivity contribution in [2.45, 2.75) is 25.2 Å². The molecule has 1 aliphatic heterocycles. The topological polar surface area (TPSA) is 44.8 Å². The summed E-state index contributed by atoms with van der Waals surface area (Å²) in [4.78, 5) is 13.7. The smallest absolute Gasteiger partial charge is 0.170 e. The molecular formula is C27H26O4. The van der Waals surface area contributed by atoms with Crippen molar-refractivity contribution in [1.29, 1.82) is 0 Å². The fraction of sp³-hybridized carbons (Fsp3) is 0.296. The number of benzene rings is 3. The summed E-state index contributed by atoms with van der Waals surface area (Å²) < 4.78 is 17.5. The van der Waals surface area contributed by atoms with Gasteiger partial charge in [-0.25, -0.2) is 0 Å². The number of ketones is 1. The van der Waals surface area contributed by atoms with Gasteiger partial charge in [0.25, 0.3) is 0 Å². The Hall–Kier alpha value is -3.27. The molecule has 158 valence electrons. The van der Waals surface area contributed by atoms with Crippen LogP contribution in [0.3, 0.4) is 0 Å². The van der Waals surface area contributed by atoms with Gasteiger partial charge < -0.3 is 14.2 Å². The minimum Gasteiger partial charge on any atom is -0.493 e. The largest absolute Gasteiger partial charge is 0.493 e. The Morgan fingerprint density at radius 2 is 1.61 bits per heavy atom. The lowest BCUT2D eigenvalue weighted by Crippen LogP contribution is -2.32. The Kier molecular flexibility index (Phi) is 4.93. The van der Waals surface area contributed by atoms with Gasteiger partial charge in [-0.3, -0.25) is 4.79 Å². The van der Waals surface area contributed by atoms with Crippen LogP contribution in [0.1, 0.15) is 50.9 Å². The molecule has 4 nitrogen and oxygen atoms in total. The second-order valence-corrected chi connectivity index (χ2v) is 8.44. The molecule has 2 bridgehead atoms. The predicted molar refractivity (Wildman–Crippen MR) is 120 cm³/mol. The Morgan fingerprint density at radius 1 is 0.903 bits per heavy atom. The molecule has 5 rings (SSSR count). The predicted octanol–water partition coefficient (Wildman–Crippen LogP) is 5.52. The van der Waals surface area contributed by atoms with E-state index in [-0.39, 0.29) is 23.5 Å². The lowest BCUT2D eigenvalue weighted by atomic mass is 9.66. The molecule has 0 aromatic heterocycles. The van der Waals surface area contributed by atoms with Gasteiger partial charge >= 0.3 is 0 Å². The van der Waals surface area contributed by atoms with E-state index in [0.717, 1.165) is 28.9 Å². The third-order valence-electron chi connectivity index (χ3n) is 6.64. The van der Waals surface area contributed by atoms with E-state index in [1.165, 1.54) is 11.1 Å². The quantitative estimate of drug-likeness (QED) is 0.527. The summed E-state index contributed by atoms with van der Waals surface area (Å²) in [5, 5.41) is 0. The Balaban J connectivity index is 1.73. The van der Waals surface area contributed by atoms with Gasteiger partial charge in [0.2, 0.25) is 0 Å². The molecule has 0 fully saturated rings. The first-order valence-corrected chi connectivity index (χ1v) is 10.7. The molecule has 0 saturated carbocycles. The molecule has 1 heterocycles. The molecule has 3 atom stereocenters. The van der Waals surface area contributed by atoms with E-state index in [4.69, 9.17) is 14.2 Å². The van der Waals surface area contributed by atoms with E-state index in [0.29, 0.717) is 18.1 Å². The van der Waals surface area contributed by atoms with Gasteiger partial charge in [0.1, 0.15) is 5.75 Å². The molecule has 3 aromatic carbocycles. The highest BCUT2D eigenvalue weighted by Gasteiger charge is 2.43. The van der Waals surface area contributed by atoms with E-state index >= 15 is 0 Å². The number of methoxy groups -OCH3 is 2. The van der Waals surface area contributed by atoms with Gasteiger partial charge in [-0.05, 0) is 42.7 Å². The summed E-state index contributed by atoms with van der Waals surface area (Å²) in [5.41, 5.74) is 5.25. The zero-order chi connectivity index (χ0) is 21.5. The SMILES string of the molecule is COc1cc2c(cc1OC)[C@@H](C(=O)c1ccccc1)[C@@H]1COc3ccc(C)cc3[C@H]2C1. The average molecular weight is 415 g/mol. The number of aryl methyl sites for hydroxylation is 1. The highest BCUT2D eigenvalue weighted by atomic mass is 16.5. The maximum absolute atomic E-state index is 13.7. The van der Waals surface area contributed by atoms with E-state index in [1.54, 1.807) is 14.2 Å². The second kappa shape index (κ2) is 7.77. The van der Waals surface area contributed by atoms with E-state index in [1.807, 2.05) is 36.4 Å². The van der Waals surface area contributed by atoms with Gasteiger partial charge in [-0.2, -0.15) is 0 Å². The van der Waals surface area contributed by atoms with Crippen LogP contribution in [-0.2, 0) is 0 Å². The maximum atomic E-state index is 13.7. The van der Waals surface area contributed by atoms with Gasteiger partial charge in [-0.15, -0.1) is 0 Å². The van der Waals surface area contributed by atoms with E-state index < -0.39 is 0 Å². The molecule has 1 aliphatic carbocycles. The number of ether oxygens (including phenoxy) is 3. The van der Waals surface area contributed by atoms with Crippen LogP contribution in [0.5, 0.6) is 17.2 Å². The third-order valence-corrected chi connectivity index (χ3v) is 6.64. The van der Waals surface area contributed by atoms with E-state index in [2.05, 4.69) is 31.2 Å². The van der Waals surface area contributed by atoms with Crippen LogP contribution in [0.2, 0.25) is 0 Å². The number of fused-ring (bicyclic) bond motifs is 6. The summed E-state index contributed by atoms with van der Waals surface area (Å²) in [7, 11) is 3.28. The number of hydrogen-bond acceptors (Lipinski definition) is 4. The number of carbonyl (C=O) groups excluding carboxylic acids is 1. The molecule has 0 saturated heterocycles. The first-order chi connectivity index (χ1) is 15.1. The van der Waals surface area contributed by atoms with Crippen molar-refractivity contribution in [3.63, 3.8) is 0 Å². The highest BCUT2D eigenvalue weighted by molar-refractivity contribution is 6.01. The van der Waals surface area contributed by atoms with Crippen LogP contribution in [0.25, 0.3) is 0 Å². The first-order valence-electron chi connectivity index (χ1n) is 10.7. The zero-order valence-corrected chi connectivity index (χ0v) is 18.1. The van der Waals surface area contributed by atoms with Gasteiger partial charge in [0.05, 0.1) is 26.7 Å². The normalized spacial score (nSPS) is 21.2. The van der Waals surface area contributed by atoms with Crippen molar-refractivity contribution in [3.05, 3.63) is 88.5 Å². The van der Waals surface area contributed by atoms with Crippen molar-refractivity contribution in [3.8, 4) is 17.2 Å². The number of Topliss-reactive ketones (excluding diaryl/α,β-unsaturated/α-hetero) is 1.